The zero-order valence-electron chi connectivity index (χ0n) is 24.4. The molecule has 234 valence electrons. The normalized spacial score (nSPS) is 26.6. The molecule has 6 rings (SSSR count). The summed E-state index contributed by atoms with van der Waals surface area (Å²) in [5, 5.41) is 11.4. The van der Waals surface area contributed by atoms with E-state index in [-0.39, 0.29) is 76.1 Å². The quantitative estimate of drug-likeness (QED) is 0.448. The molecule has 3 aliphatic heterocycles. The topological polar surface area (TPSA) is 154 Å². The minimum absolute atomic E-state index is 0.0169. The van der Waals surface area contributed by atoms with Crippen LogP contribution >= 0.6 is 11.6 Å². The Morgan fingerprint density at radius 1 is 1.16 bits per heavy atom. The van der Waals surface area contributed by atoms with Crippen LogP contribution in [0.3, 0.4) is 0 Å². The van der Waals surface area contributed by atoms with Crippen LogP contribution < -0.4 is 19.8 Å². The molecule has 1 N–H and O–H groups in total. The van der Waals surface area contributed by atoms with Crippen LogP contribution in [0.5, 0.6) is 17.2 Å². The number of carbonyl (C=O) groups is 2. The number of pyridine rings is 1. The Morgan fingerprint density at radius 3 is 2.64 bits per heavy atom. The minimum atomic E-state index is -3.71. The summed E-state index contributed by atoms with van der Waals surface area (Å²) in [4.78, 5) is 43.3. The van der Waals surface area contributed by atoms with Gasteiger partial charge < -0.3 is 23.9 Å². The highest BCUT2D eigenvalue weighted by Gasteiger charge is 2.61. The number of hydrogen-bond donors (Lipinski definition) is 1. The third kappa shape index (κ3) is 4.63. The van der Waals surface area contributed by atoms with Crippen molar-refractivity contribution in [1.29, 1.82) is 0 Å². The fraction of sp³-hybridized carbons (Fsp3) is 0.467. The van der Waals surface area contributed by atoms with Gasteiger partial charge >= 0.3 is 0 Å². The van der Waals surface area contributed by atoms with Gasteiger partial charge in [0.2, 0.25) is 21.4 Å². The first kappa shape index (κ1) is 30.4. The second-order valence-corrected chi connectivity index (χ2v) is 14.1. The Kier molecular flexibility index (Phi) is 7.61. The number of piperidine rings is 1. The van der Waals surface area contributed by atoms with Crippen LogP contribution in [-0.4, -0.2) is 85.4 Å². The summed E-state index contributed by atoms with van der Waals surface area (Å²) in [6.45, 7) is 2.49. The molecule has 1 aromatic heterocycles. The lowest BCUT2D eigenvalue weighted by Crippen LogP contribution is -2.52. The smallest absolute Gasteiger partial charge is 0.250 e. The summed E-state index contributed by atoms with van der Waals surface area (Å²) >= 11 is 6.46. The monoisotopic (exact) mass is 645 g/mol. The van der Waals surface area contributed by atoms with Crippen molar-refractivity contribution >= 4 is 39.4 Å². The summed E-state index contributed by atoms with van der Waals surface area (Å²) < 4.78 is 46.5. The van der Waals surface area contributed by atoms with Gasteiger partial charge in [0.1, 0.15) is 22.1 Å². The van der Waals surface area contributed by atoms with Gasteiger partial charge in [0.15, 0.2) is 17.3 Å². The summed E-state index contributed by atoms with van der Waals surface area (Å²) in [5.74, 6) is -2.53. The molecule has 1 aromatic carbocycles. The third-order valence-corrected chi connectivity index (χ3v) is 11.2. The Bertz CT molecular complexity index is 1800. The molecule has 4 atom stereocenters. The number of carbonyl (C=O) groups excluding carboxylic acids is 2. The van der Waals surface area contributed by atoms with Gasteiger partial charge in [0, 0.05) is 61.9 Å². The molecule has 1 spiro atoms. The standard InChI is InChI=1S/C30H32ClN3O9S/c1-16-9-21(35)19(28(37)30(16)29(38)25-22(41-2)11-23(42-3)26(31)27(25)43-30)12-32-7-8-44(39,40)33-13-17-10-18(15-33)20-5-4-6-24(36)34(20)14-17/h4-6,11-12,16-18,37H,7-10,13-15H2,1-3H3/t16-,17-,18+,30+/m1/s1. The van der Waals surface area contributed by atoms with E-state index in [1.54, 1.807) is 17.6 Å². The fourth-order valence-corrected chi connectivity index (χ4v) is 8.55. The predicted molar refractivity (Wildman–Crippen MR) is 161 cm³/mol. The number of methoxy groups -OCH3 is 2. The van der Waals surface area contributed by atoms with Gasteiger partial charge in [-0.3, -0.25) is 19.4 Å². The molecule has 0 radical (unpaired) electrons. The fourth-order valence-electron chi connectivity index (χ4n) is 6.84. The Morgan fingerprint density at radius 2 is 1.91 bits per heavy atom. The van der Waals surface area contributed by atoms with Crippen LogP contribution in [0.25, 0.3) is 0 Å². The molecule has 2 aromatic rings. The van der Waals surface area contributed by atoms with Crippen molar-refractivity contribution in [3.63, 3.8) is 0 Å². The predicted octanol–water partition coefficient (Wildman–Crippen LogP) is 2.77. The van der Waals surface area contributed by atoms with Gasteiger partial charge in [-0.25, -0.2) is 12.7 Å². The molecule has 1 fully saturated rings. The van der Waals surface area contributed by atoms with Crippen molar-refractivity contribution in [3.8, 4) is 17.2 Å². The molecule has 0 saturated carbocycles. The van der Waals surface area contributed by atoms with E-state index in [1.165, 1.54) is 30.7 Å². The van der Waals surface area contributed by atoms with Gasteiger partial charge in [0.05, 0.1) is 32.1 Å². The molecule has 14 heteroatoms. The number of nitrogens with zero attached hydrogens (tertiary/aromatic N) is 3. The maximum absolute atomic E-state index is 13.8. The number of allylic oxidation sites excluding steroid dienone is 1. The van der Waals surface area contributed by atoms with Gasteiger partial charge in [-0.1, -0.05) is 24.6 Å². The number of halogens is 1. The molecule has 4 aliphatic rings. The minimum Gasteiger partial charge on any atom is -0.507 e. The molecular weight excluding hydrogens is 614 g/mol. The first-order valence-corrected chi connectivity index (χ1v) is 16.2. The van der Waals surface area contributed by atoms with E-state index in [4.69, 9.17) is 25.8 Å². The first-order chi connectivity index (χ1) is 20.9. The number of Topliss-reactive ketones (excluding diaryl/α,β-unsaturated/α-hetero) is 2. The van der Waals surface area contributed by atoms with Crippen LogP contribution in [-0.2, 0) is 21.4 Å². The van der Waals surface area contributed by atoms with Crippen molar-refractivity contribution in [2.75, 3.05) is 39.6 Å². The molecule has 1 saturated heterocycles. The number of fused-ring (bicyclic) bond motifs is 5. The second-order valence-electron chi connectivity index (χ2n) is 11.6. The highest BCUT2D eigenvalue weighted by Crippen LogP contribution is 2.54. The highest BCUT2D eigenvalue weighted by atomic mass is 35.5. The van der Waals surface area contributed by atoms with E-state index >= 15 is 0 Å². The number of aliphatic hydroxyl groups is 1. The first-order valence-electron chi connectivity index (χ1n) is 14.3. The molecule has 0 amide bonds. The summed E-state index contributed by atoms with van der Waals surface area (Å²) in [6.07, 6.45) is 1.78. The van der Waals surface area contributed by atoms with Gasteiger partial charge in [0.25, 0.3) is 5.56 Å². The van der Waals surface area contributed by atoms with E-state index in [0.717, 1.165) is 18.3 Å². The van der Waals surface area contributed by atoms with Crippen LogP contribution in [0, 0.1) is 11.8 Å². The molecular formula is C30H32ClN3O9S. The Balaban J connectivity index is 1.22. The number of aliphatic imine (C=N–C) groups is 1. The van der Waals surface area contributed by atoms with Crippen LogP contribution in [0.2, 0.25) is 5.02 Å². The highest BCUT2D eigenvalue weighted by molar-refractivity contribution is 7.89. The number of sulfonamides is 1. The number of rotatable bonds is 7. The van der Waals surface area contributed by atoms with Gasteiger partial charge in [-0.05, 0) is 18.4 Å². The Hall–Kier alpha value is -3.68. The number of ether oxygens (including phenoxy) is 3. The molecule has 2 bridgehead atoms. The van der Waals surface area contributed by atoms with Crippen LogP contribution in [0.4, 0.5) is 0 Å². The number of aliphatic hydroxyl groups excluding tert-OH is 1. The van der Waals surface area contributed by atoms with Crippen molar-refractivity contribution in [2.24, 2.45) is 16.8 Å². The van der Waals surface area contributed by atoms with E-state index < -0.39 is 38.9 Å². The molecule has 44 heavy (non-hydrogen) atoms. The Labute approximate surface area is 258 Å². The van der Waals surface area contributed by atoms with Gasteiger partial charge in [-0.15, -0.1) is 0 Å². The van der Waals surface area contributed by atoms with Crippen LogP contribution in [0.1, 0.15) is 41.7 Å². The third-order valence-electron chi connectivity index (χ3n) is 9.05. The lowest BCUT2D eigenvalue weighted by Gasteiger charge is -2.42. The second kappa shape index (κ2) is 11.0. The summed E-state index contributed by atoms with van der Waals surface area (Å²) in [5.41, 5.74) is -1.40. The SMILES string of the molecule is COc1cc(OC)c2c(c1Cl)O[C@]1(C2=O)C(O)=C(C=NCCS(=O)(=O)N2C[C@H]3C[C@@H](C2)c2cccc(=O)n2C3)C(=O)C[C@H]1C. The number of hydrogen-bond acceptors (Lipinski definition) is 10. The van der Waals surface area contributed by atoms with E-state index in [9.17, 15) is 27.9 Å². The lowest BCUT2D eigenvalue weighted by atomic mass is 9.73. The maximum Gasteiger partial charge on any atom is 0.250 e. The van der Waals surface area contributed by atoms with Crippen LogP contribution in [0.15, 0.2) is 45.4 Å². The zero-order chi connectivity index (χ0) is 31.6. The van der Waals surface area contributed by atoms with Crippen molar-refractivity contribution in [3.05, 3.63) is 62.2 Å². The zero-order valence-corrected chi connectivity index (χ0v) is 26.0. The number of aromatic nitrogens is 1. The maximum atomic E-state index is 13.8. The number of ketones is 2. The summed E-state index contributed by atoms with van der Waals surface area (Å²) in [7, 11) is -0.950. The largest absolute Gasteiger partial charge is 0.507 e. The molecule has 4 heterocycles. The molecule has 1 aliphatic carbocycles. The van der Waals surface area contributed by atoms with Crippen molar-refractivity contribution in [2.45, 2.75) is 37.8 Å². The number of benzene rings is 1. The lowest BCUT2D eigenvalue weighted by molar-refractivity contribution is -0.118. The molecule has 12 nitrogen and oxygen atoms in total. The van der Waals surface area contributed by atoms with Crippen molar-refractivity contribution < 1.29 is 37.3 Å². The molecule has 0 unspecified atom stereocenters. The van der Waals surface area contributed by atoms with Gasteiger partial charge in [-0.2, -0.15) is 0 Å². The summed E-state index contributed by atoms with van der Waals surface area (Å²) in [6, 6.07) is 6.52. The average Bonchev–Trinajstić information content (AvgIpc) is 3.31. The van der Waals surface area contributed by atoms with E-state index in [0.29, 0.717) is 13.1 Å². The van der Waals surface area contributed by atoms with E-state index in [1.807, 2.05) is 6.07 Å². The van der Waals surface area contributed by atoms with E-state index in [2.05, 4.69) is 4.99 Å². The van der Waals surface area contributed by atoms with Crippen molar-refractivity contribution in [1.82, 2.24) is 8.87 Å². The average molecular weight is 646 g/mol.